The number of hydrogen-bond acceptors (Lipinski definition) is 3. The summed E-state index contributed by atoms with van der Waals surface area (Å²) in [4.78, 5) is 10.1. The van der Waals surface area contributed by atoms with Crippen molar-refractivity contribution >= 4 is 21.6 Å². The molecule has 1 aromatic carbocycles. The van der Waals surface area contributed by atoms with Gasteiger partial charge >= 0.3 is 0 Å². The van der Waals surface area contributed by atoms with E-state index in [4.69, 9.17) is 0 Å². The molecule has 0 fully saturated rings. The van der Waals surface area contributed by atoms with Gasteiger partial charge in [0.15, 0.2) is 0 Å². The fourth-order valence-corrected chi connectivity index (χ4v) is 1.75. The molecule has 0 saturated heterocycles. The van der Waals surface area contributed by atoms with E-state index in [1.807, 2.05) is 0 Å². The van der Waals surface area contributed by atoms with Gasteiger partial charge in [0.25, 0.3) is 5.69 Å². The van der Waals surface area contributed by atoms with E-state index in [2.05, 4.69) is 21.0 Å². The largest absolute Gasteiger partial charge is 0.270 e. The van der Waals surface area contributed by atoms with Crippen LogP contribution in [-0.4, -0.2) is 14.7 Å². The van der Waals surface area contributed by atoms with E-state index < -0.39 is 4.92 Å². The summed E-state index contributed by atoms with van der Waals surface area (Å²) in [6, 6.07) is 6.34. The van der Waals surface area contributed by atoms with E-state index in [1.54, 1.807) is 29.2 Å². The normalized spacial score (nSPS) is 10.2. The van der Waals surface area contributed by atoms with Gasteiger partial charge in [0.05, 0.1) is 15.1 Å². The topological polar surface area (TPSA) is 61.0 Å². The fraction of sp³-hybridized carbons (Fsp3) is 0. The highest BCUT2D eigenvalue weighted by Crippen LogP contribution is 2.25. The summed E-state index contributed by atoms with van der Waals surface area (Å²) >= 11 is 3.27. The molecule has 0 saturated carbocycles. The molecule has 76 valence electrons. The van der Waals surface area contributed by atoms with Crippen molar-refractivity contribution in [1.29, 1.82) is 0 Å². The molecule has 15 heavy (non-hydrogen) atoms. The van der Waals surface area contributed by atoms with Crippen LogP contribution in [0.2, 0.25) is 0 Å². The standard InChI is InChI=1S/C9H6BrN3O2/c10-8-6-7(13(14)15)2-3-9(8)12-5-1-4-11-12/h1-6H. The van der Waals surface area contributed by atoms with Gasteiger partial charge < -0.3 is 0 Å². The monoisotopic (exact) mass is 267 g/mol. The van der Waals surface area contributed by atoms with Crippen molar-refractivity contribution in [1.82, 2.24) is 9.78 Å². The van der Waals surface area contributed by atoms with Crippen LogP contribution in [0.3, 0.4) is 0 Å². The molecule has 0 amide bonds. The van der Waals surface area contributed by atoms with Crippen LogP contribution in [0.25, 0.3) is 5.69 Å². The molecule has 0 radical (unpaired) electrons. The van der Waals surface area contributed by atoms with E-state index >= 15 is 0 Å². The van der Waals surface area contributed by atoms with Crippen LogP contribution in [0.5, 0.6) is 0 Å². The second-order valence-electron chi connectivity index (χ2n) is 2.84. The van der Waals surface area contributed by atoms with Gasteiger partial charge in [0.2, 0.25) is 0 Å². The molecule has 2 aromatic rings. The highest BCUT2D eigenvalue weighted by Gasteiger charge is 2.09. The van der Waals surface area contributed by atoms with Gasteiger partial charge in [0, 0.05) is 24.5 Å². The number of hydrogen-bond donors (Lipinski definition) is 0. The second kappa shape index (κ2) is 3.82. The summed E-state index contributed by atoms with van der Waals surface area (Å²) in [6.45, 7) is 0. The first-order valence-electron chi connectivity index (χ1n) is 4.12. The first-order valence-corrected chi connectivity index (χ1v) is 4.92. The van der Waals surface area contributed by atoms with E-state index in [9.17, 15) is 10.1 Å². The van der Waals surface area contributed by atoms with Gasteiger partial charge in [-0.1, -0.05) is 0 Å². The van der Waals surface area contributed by atoms with Gasteiger partial charge in [-0.05, 0) is 28.1 Å². The maximum absolute atomic E-state index is 10.5. The molecule has 1 heterocycles. The number of nitrogens with zero attached hydrogens (tertiary/aromatic N) is 3. The Morgan fingerprint density at radius 2 is 2.27 bits per heavy atom. The van der Waals surface area contributed by atoms with Gasteiger partial charge in [-0.15, -0.1) is 0 Å². The molecule has 0 aliphatic carbocycles. The van der Waals surface area contributed by atoms with E-state index in [0.717, 1.165) is 5.69 Å². The van der Waals surface area contributed by atoms with Crippen LogP contribution >= 0.6 is 15.9 Å². The fourth-order valence-electron chi connectivity index (χ4n) is 1.21. The van der Waals surface area contributed by atoms with Crippen molar-refractivity contribution in [3.63, 3.8) is 0 Å². The maximum Gasteiger partial charge on any atom is 0.270 e. The lowest BCUT2D eigenvalue weighted by molar-refractivity contribution is -0.384. The molecule has 2 rings (SSSR count). The molecular weight excluding hydrogens is 262 g/mol. The molecular formula is C9H6BrN3O2. The molecule has 1 aromatic heterocycles. The smallest absolute Gasteiger partial charge is 0.258 e. The van der Waals surface area contributed by atoms with Crippen LogP contribution in [0.1, 0.15) is 0 Å². The molecule has 0 bridgehead atoms. The van der Waals surface area contributed by atoms with Crippen molar-refractivity contribution in [2.24, 2.45) is 0 Å². The van der Waals surface area contributed by atoms with Crippen LogP contribution in [-0.2, 0) is 0 Å². The zero-order valence-electron chi connectivity index (χ0n) is 7.50. The lowest BCUT2D eigenvalue weighted by Crippen LogP contribution is -1.96. The minimum atomic E-state index is -0.433. The molecule has 0 unspecified atom stereocenters. The van der Waals surface area contributed by atoms with Gasteiger partial charge in [-0.2, -0.15) is 5.10 Å². The zero-order chi connectivity index (χ0) is 10.8. The zero-order valence-corrected chi connectivity index (χ0v) is 9.09. The highest BCUT2D eigenvalue weighted by atomic mass is 79.9. The van der Waals surface area contributed by atoms with Crippen molar-refractivity contribution in [2.45, 2.75) is 0 Å². The average Bonchev–Trinajstić information content (AvgIpc) is 2.70. The number of halogens is 1. The number of rotatable bonds is 2. The summed E-state index contributed by atoms with van der Waals surface area (Å²) in [7, 11) is 0. The summed E-state index contributed by atoms with van der Waals surface area (Å²) in [5.74, 6) is 0. The van der Waals surface area contributed by atoms with E-state index in [1.165, 1.54) is 12.1 Å². The predicted molar refractivity (Wildman–Crippen MR) is 57.9 cm³/mol. The van der Waals surface area contributed by atoms with E-state index in [-0.39, 0.29) is 5.69 Å². The first kappa shape index (κ1) is 9.85. The predicted octanol–water partition coefficient (Wildman–Crippen LogP) is 2.54. The van der Waals surface area contributed by atoms with E-state index in [0.29, 0.717) is 4.47 Å². The summed E-state index contributed by atoms with van der Waals surface area (Å²) < 4.78 is 2.27. The van der Waals surface area contributed by atoms with Gasteiger partial charge in [0.1, 0.15) is 0 Å². The molecule has 0 spiro atoms. The average molecular weight is 268 g/mol. The first-order chi connectivity index (χ1) is 7.18. The quantitative estimate of drug-likeness (QED) is 0.621. The Balaban J connectivity index is 2.48. The Labute approximate surface area is 93.6 Å². The summed E-state index contributed by atoms with van der Waals surface area (Å²) in [5, 5.41) is 14.6. The number of aromatic nitrogens is 2. The van der Waals surface area contributed by atoms with Crippen molar-refractivity contribution in [3.8, 4) is 5.69 Å². The molecule has 0 N–H and O–H groups in total. The third kappa shape index (κ3) is 1.89. The van der Waals surface area contributed by atoms with Crippen LogP contribution in [0.4, 0.5) is 5.69 Å². The molecule has 0 aliphatic rings. The maximum atomic E-state index is 10.5. The number of nitro groups is 1. The number of nitro benzene ring substituents is 1. The number of benzene rings is 1. The minimum absolute atomic E-state index is 0.0535. The summed E-state index contributed by atoms with van der Waals surface area (Å²) in [6.07, 6.45) is 3.42. The second-order valence-corrected chi connectivity index (χ2v) is 3.70. The SMILES string of the molecule is O=[N+]([O-])c1ccc(-n2cccn2)c(Br)c1. The Bertz CT molecular complexity index is 496. The lowest BCUT2D eigenvalue weighted by atomic mass is 10.3. The van der Waals surface area contributed by atoms with Crippen LogP contribution in [0, 0.1) is 10.1 Å². The van der Waals surface area contributed by atoms with Gasteiger partial charge in [-0.25, -0.2) is 4.68 Å². The molecule has 0 atom stereocenters. The lowest BCUT2D eigenvalue weighted by Gasteiger charge is -2.03. The summed E-state index contributed by atoms with van der Waals surface area (Å²) in [5.41, 5.74) is 0.823. The highest BCUT2D eigenvalue weighted by molar-refractivity contribution is 9.10. The van der Waals surface area contributed by atoms with Crippen molar-refractivity contribution in [3.05, 3.63) is 51.2 Å². The Kier molecular flexibility index (Phi) is 2.51. The minimum Gasteiger partial charge on any atom is -0.258 e. The molecule has 6 heteroatoms. The third-order valence-corrected chi connectivity index (χ3v) is 2.53. The van der Waals surface area contributed by atoms with Crippen molar-refractivity contribution in [2.75, 3.05) is 0 Å². The Morgan fingerprint density at radius 3 is 2.80 bits per heavy atom. The third-order valence-electron chi connectivity index (χ3n) is 1.89. The number of non-ortho nitro benzene ring substituents is 1. The molecule has 5 nitrogen and oxygen atoms in total. The van der Waals surface area contributed by atoms with Crippen molar-refractivity contribution < 1.29 is 4.92 Å². The van der Waals surface area contributed by atoms with Gasteiger partial charge in [-0.3, -0.25) is 10.1 Å². The van der Waals surface area contributed by atoms with Crippen LogP contribution < -0.4 is 0 Å². The Hall–Kier alpha value is -1.69. The van der Waals surface area contributed by atoms with Crippen LogP contribution in [0.15, 0.2) is 41.1 Å². The Morgan fingerprint density at radius 1 is 1.47 bits per heavy atom. The molecule has 0 aliphatic heterocycles.